The Balaban J connectivity index is 1.42. The molecule has 1 saturated heterocycles. The molecule has 1 aliphatic rings. The summed E-state index contributed by atoms with van der Waals surface area (Å²) < 4.78 is 28.2. The first-order chi connectivity index (χ1) is 12.7. The molecule has 2 heterocycles. The number of benzene rings is 2. The van der Waals surface area contributed by atoms with Gasteiger partial charge in [0.1, 0.15) is 5.82 Å². The van der Waals surface area contributed by atoms with E-state index in [0.29, 0.717) is 23.4 Å². The summed E-state index contributed by atoms with van der Waals surface area (Å²) in [5, 5.41) is 0. The highest BCUT2D eigenvalue weighted by atomic mass is 19.3. The van der Waals surface area contributed by atoms with Crippen molar-refractivity contribution in [2.75, 3.05) is 26.2 Å². The van der Waals surface area contributed by atoms with Crippen molar-refractivity contribution < 1.29 is 8.78 Å². The molecular formula is C20H22F2N4. The van der Waals surface area contributed by atoms with E-state index in [1.54, 1.807) is 18.2 Å². The molecule has 26 heavy (non-hydrogen) atoms. The Hall–Kier alpha value is -2.31. The highest BCUT2D eigenvalue weighted by molar-refractivity contribution is 5.75. The Bertz CT molecular complexity index is 855. The smallest absolute Gasteiger partial charge is 0.297 e. The second-order valence-corrected chi connectivity index (χ2v) is 6.70. The minimum Gasteiger partial charge on any atom is -0.297 e. The second kappa shape index (κ2) is 7.51. The molecule has 2 aromatic carbocycles. The van der Waals surface area contributed by atoms with E-state index in [-0.39, 0.29) is 0 Å². The lowest BCUT2D eigenvalue weighted by molar-refractivity contribution is 0.0644. The van der Waals surface area contributed by atoms with Crippen LogP contribution in [-0.4, -0.2) is 45.5 Å². The topological polar surface area (TPSA) is 24.3 Å². The second-order valence-electron chi connectivity index (χ2n) is 6.70. The minimum atomic E-state index is -2.57. The number of rotatable bonds is 5. The van der Waals surface area contributed by atoms with Crippen molar-refractivity contribution in [2.45, 2.75) is 19.6 Å². The molecule has 6 heteroatoms. The van der Waals surface area contributed by atoms with Crippen LogP contribution in [0.25, 0.3) is 11.0 Å². The lowest BCUT2D eigenvalue weighted by Crippen LogP contribution is -2.45. The van der Waals surface area contributed by atoms with Gasteiger partial charge in [0.05, 0.1) is 17.6 Å². The fourth-order valence-corrected chi connectivity index (χ4v) is 3.57. The molecule has 0 N–H and O–H groups in total. The van der Waals surface area contributed by atoms with Crippen LogP contribution >= 0.6 is 0 Å². The van der Waals surface area contributed by atoms with Crippen LogP contribution in [0, 0.1) is 0 Å². The van der Waals surface area contributed by atoms with Crippen LogP contribution in [-0.2, 0) is 13.1 Å². The number of imidazole rings is 1. The first kappa shape index (κ1) is 17.1. The largest absolute Gasteiger partial charge is 0.320 e. The number of fused-ring (bicyclic) bond motifs is 1. The Morgan fingerprint density at radius 1 is 0.808 bits per heavy atom. The molecule has 1 aliphatic heterocycles. The average Bonchev–Trinajstić information content (AvgIpc) is 3.02. The summed E-state index contributed by atoms with van der Waals surface area (Å²) >= 11 is 0. The Kier molecular flexibility index (Phi) is 4.95. The molecule has 4 nitrogen and oxygen atoms in total. The van der Waals surface area contributed by atoms with E-state index >= 15 is 0 Å². The van der Waals surface area contributed by atoms with Gasteiger partial charge in [-0.25, -0.2) is 4.98 Å². The first-order valence-corrected chi connectivity index (χ1v) is 8.93. The standard InChI is InChI=1S/C20H22F2N4/c21-20(22)26-18-9-5-4-8-17(18)23-19(26)15-25-12-10-24(11-13-25)14-16-6-2-1-3-7-16/h1-9,20H,10-15H2. The van der Waals surface area contributed by atoms with Gasteiger partial charge >= 0.3 is 6.55 Å². The predicted molar refractivity (Wildman–Crippen MR) is 98.0 cm³/mol. The summed E-state index contributed by atoms with van der Waals surface area (Å²) in [6, 6.07) is 17.5. The van der Waals surface area contributed by atoms with Gasteiger partial charge in [0.15, 0.2) is 0 Å². The van der Waals surface area contributed by atoms with Crippen LogP contribution in [0.2, 0.25) is 0 Å². The fourth-order valence-electron chi connectivity index (χ4n) is 3.57. The van der Waals surface area contributed by atoms with Crippen molar-refractivity contribution in [2.24, 2.45) is 0 Å². The Morgan fingerprint density at radius 3 is 2.12 bits per heavy atom. The van der Waals surface area contributed by atoms with Crippen LogP contribution in [0.1, 0.15) is 17.9 Å². The molecular weight excluding hydrogens is 334 g/mol. The monoisotopic (exact) mass is 356 g/mol. The van der Waals surface area contributed by atoms with Crippen molar-refractivity contribution in [1.29, 1.82) is 0 Å². The highest BCUT2D eigenvalue weighted by Crippen LogP contribution is 2.24. The average molecular weight is 356 g/mol. The molecule has 4 rings (SSSR count). The maximum Gasteiger partial charge on any atom is 0.320 e. The zero-order valence-electron chi connectivity index (χ0n) is 14.6. The summed E-state index contributed by atoms with van der Waals surface area (Å²) in [4.78, 5) is 9.06. The first-order valence-electron chi connectivity index (χ1n) is 8.93. The number of aromatic nitrogens is 2. The molecule has 3 aromatic rings. The molecule has 0 aliphatic carbocycles. The van der Waals surface area contributed by atoms with Gasteiger partial charge in [-0.2, -0.15) is 8.78 Å². The molecule has 0 unspecified atom stereocenters. The highest BCUT2D eigenvalue weighted by Gasteiger charge is 2.22. The van der Waals surface area contributed by atoms with E-state index in [0.717, 1.165) is 37.3 Å². The van der Waals surface area contributed by atoms with Crippen molar-refractivity contribution in [3.8, 4) is 0 Å². The van der Waals surface area contributed by atoms with Gasteiger partial charge in [-0.3, -0.25) is 14.4 Å². The normalized spacial score (nSPS) is 16.6. The third-order valence-corrected chi connectivity index (χ3v) is 4.94. The minimum absolute atomic E-state index is 0.442. The summed E-state index contributed by atoms with van der Waals surface area (Å²) in [6.45, 7) is 2.41. The van der Waals surface area contributed by atoms with E-state index in [9.17, 15) is 8.78 Å². The quantitative estimate of drug-likeness (QED) is 0.696. The number of piperazine rings is 1. The number of hydrogen-bond acceptors (Lipinski definition) is 3. The van der Waals surface area contributed by atoms with Gasteiger partial charge in [0, 0.05) is 32.7 Å². The molecule has 1 fully saturated rings. The number of hydrogen-bond donors (Lipinski definition) is 0. The van der Waals surface area contributed by atoms with Crippen molar-refractivity contribution in [3.05, 3.63) is 66.0 Å². The van der Waals surface area contributed by atoms with Crippen molar-refractivity contribution in [3.63, 3.8) is 0 Å². The summed E-state index contributed by atoms with van der Waals surface area (Å²) in [7, 11) is 0. The van der Waals surface area contributed by atoms with Gasteiger partial charge in [-0.05, 0) is 17.7 Å². The molecule has 0 radical (unpaired) electrons. The predicted octanol–water partition coefficient (Wildman–Crippen LogP) is 3.75. The molecule has 0 amide bonds. The van der Waals surface area contributed by atoms with Gasteiger partial charge in [0.25, 0.3) is 0 Å². The summed E-state index contributed by atoms with van der Waals surface area (Å²) in [5.41, 5.74) is 2.44. The summed E-state index contributed by atoms with van der Waals surface area (Å²) in [6.07, 6.45) is 0. The zero-order valence-corrected chi connectivity index (χ0v) is 14.6. The zero-order chi connectivity index (χ0) is 17.9. The Labute approximate surface area is 151 Å². The number of nitrogens with zero attached hydrogens (tertiary/aromatic N) is 4. The third kappa shape index (κ3) is 3.61. The third-order valence-electron chi connectivity index (χ3n) is 4.94. The maximum absolute atomic E-state index is 13.5. The van der Waals surface area contributed by atoms with Crippen LogP contribution in [0.15, 0.2) is 54.6 Å². The fraction of sp³-hybridized carbons (Fsp3) is 0.350. The van der Waals surface area contributed by atoms with Crippen LogP contribution in [0.4, 0.5) is 8.78 Å². The van der Waals surface area contributed by atoms with Crippen molar-refractivity contribution >= 4 is 11.0 Å². The molecule has 0 saturated carbocycles. The number of halogens is 2. The number of para-hydroxylation sites is 2. The van der Waals surface area contributed by atoms with E-state index in [1.165, 1.54) is 5.56 Å². The van der Waals surface area contributed by atoms with E-state index in [2.05, 4.69) is 39.0 Å². The van der Waals surface area contributed by atoms with Crippen molar-refractivity contribution in [1.82, 2.24) is 19.4 Å². The molecule has 0 atom stereocenters. The molecule has 0 spiro atoms. The molecule has 1 aromatic heterocycles. The summed E-state index contributed by atoms with van der Waals surface area (Å²) in [5.74, 6) is 0.442. The van der Waals surface area contributed by atoms with E-state index in [4.69, 9.17) is 0 Å². The lowest BCUT2D eigenvalue weighted by Gasteiger charge is -2.34. The molecule has 0 bridgehead atoms. The lowest BCUT2D eigenvalue weighted by atomic mass is 10.2. The SMILES string of the molecule is FC(F)n1c(CN2CCN(Cc3ccccc3)CC2)nc2ccccc21. The van der Waals surface area contributed by atoms with E-state index in [1.807, 2.05) is 12.1 Å². The number of alkyl halides is 2. The van der Waals surface area contributed by atoms with Gasteiger partial charge < -0.3 is 0 Å². The molecule has 136 valence electrons. The van der Waals surface area contributed by atoms with E-state index < -0.39 is 6.55 Å². The maximum atomic E-state index is 13.5. The Morgan fingerprint density at radius 2 is 1.42 bits per heavy atom. The van der Waals surface area contributed by atoms with Crippen LogP contribution in [0.5, 0.6) is 0 Å². The van der Waals surface area contributed by atoms with Crippen LogP contribution in [0.3, 0.4) is 0 Å². The van der Waals surface area contributed by atoms with Gasteiger partial charge in [-0.15, -0.1) is 0 Å². The van der Waals surface area contributed by atoms with Gasteiger partial charge in [0.2, 0.25) is 0 Å². The van der Waals surface area contributed by atoms with Gasteiger partial charge in [-0.1, -0.05) is 42.5 Å². The van der Waals surface area contributed by atoms with Crippen LogP contribution < -0.4 is 0 Å².